The lowest BCUT2D eigenvalue weighted by Gasteiger charge is -2.10. The molecule has 1 N–H and O–H groups in total. The van der Waals surface area contributed by atoms with Crippen molar-refractivity contribution in [2.75, 3.05) is 6.26 Å². The molecular weight excluding hydrogens is 132 g/mol. The average Bonchev–Trinajstić information content (AvgIpc) is 1.88. The van der Waals surface area contributed by atoms with Crippen LogP contribution < -0.4 is 5.32 Å². The first kappa shape index (κ1) is 6.68. The molecule has 1 rings (SSSR count). The van der Waals surface area contributed by atoms with E-state index in [2.05, 4.69) is 17.2 Å². The van der Waals surface area contributed by atoms with E-state index in [4.69, 9.17) is 0 Å². The molecule has 0 aliphatic carbocycles. The second-order valence-electron chi connectivity index (χ2n) is 1.88. The molecular formula is C6H10N2S. The van der Waals surface area contributed by atoms with E-state index < -0.39 is 0 Å². The minimum Gasteiger partial charge on any atom is -0.342 e. The Balaban J connectivity index is 2.55. The van der Waals surface area contributed by atoms with E-state index in [1.54, 1.807) is 11.8 Å². The van der Waals surface area contributed by atoms with Crippen LogP contribution in [0.3, 0.4) is 0 Å². The average molecular weight is 142 g/mol. The molecule has 1 unspecified atom stereocenters. The van der Waals surface area contributed by atoms with Crippen LogP contribution in [0.15, 0.2) is 17.3 Å². The van der Waals surface area contributed by atoms with Gasteiger partial charge in [0.2, 0.25) is 0 Å². The summed E-state index contributed by atoms with van der Waals surface area (Å²) in [7, 11) is 0. The smallest absolute Gasteiger partial charge is 0.160 e. The fourth-order valence-electron chi connectivity index (χ4n) is 0.636. The van der Waals surface area contributed by atoms with Gasteiger partial charge in [0.05, 0.1) is 6.04 Å². The van der Waals surface area contributed by atoms with Gasteiger partial charge in [0.15, 0.2) is 5.17 Å². The number of hydrogen-bond donors (Lipinski definition) is 1. The molecule has 0 amide bonds. The summed E-state index contributed by atoms with van der Waals surface area (Å²) in [6.07, 6.45) is 5.97. The van der Waals surface area contributed by atoms with Crippen LogP contribution in [-0.4, -0.2) is 17.5 Å². The molecule has 3 heteroatoms. The Morgan fingerprint density at radius 1 is 1.78 bits per heavy atom. The zero-order valence-corrected chi connectivity index (χ0v) is 6.40. The predicted octanol–water partition coefficient (Wildman–Crippen LogP) is 1.21. The molecule has 0 bridgehead atoms. The first-order valence-electron chi connectivity index (χ1n) is 2.88. The molecule has 1 aliphatic heterocycles. The number of thioether (sulfide) groups is 1. The lowest BCUT2D eigenvalue weighted by molar-refractivity contribution is 0.894. The summed E-state index contributed by atoms with van der Waals surface area (Å²) in [6.45, 7) is 2.06. The lowest BCUT2D eigenvalue weighted by Crippen LogP contribution is -2.19. The second-order valence-corrected chi connectivity index (χ2v) is 2.68. The van der Waals surface area contributed by atoms with Crippen LogP contribution in [0.2, 0.25) is 0 Å². The molecule has 0 radical (unpaired) electrons. The van der Waals surface area contributed by atoms with Crippen LogP contribution in [0.1, 0.15) is 6.92 Å². The summed E-state index contributed by atoms with van der Waals surface area (Å²) in [6, 6.07) is 0.341. The second kappa shape index (κ2) is 2.92. The Kier molecular flexibility index (Phi) is 2.16. The van der Waals surface area contributed by atoms with Crippen molar-refractivity contribution >= 4 is 16.9 Å². The molecule has 0 saturated heterocycles. The number of nitrogens with one attached hydrogen (secondary N) is 1. The maximum absolute atomic E-state index is 4.28. The van der Waals surface area contributed by atoms with E-state index in [1.165, 1.54) is 0 Å². The third kappa shape index (κ3) is 1.75. The molecule has 0 fully saturated rings. The van der Waals surface area contributed by atoms with E-state index >= 15 is 0 Å². The molecule has 1 heterocycles. The lowest BCUT2D eigenvalue weighted by atomic mass is 10.3. The van der Waals surface area contributed by atoms with E-state index in [0.717, 1.165) is 5.17 Å². The Morgan fingerprint density at radius 3 is 3.00 bits per heavy atom. The van der Waals surface area contributed by atoms with Gasteiger partial charge in [0.1, 0.15) is 0 Å². The van der Waals surface area contributed by atoms with Gasteiger partial charge in [-0.05, 0) is 19.3 Å². The molecule has 0 aromatic carbocycles. The van der Waals surface area contributed by atoms with Crippen molar-refractivity contribution in [3.05, 3.63) is 12.3 Å². The number of amidine groups is 1. The third-order valence-corrected chi connectivity index (χ3v) is 1.71. The summed E-state index contributed by atoms with van der Waals surface area (Å²) in [5.41, 5.74) is 0. The van der Waals surface area contributed by atoms with Crippen molar-refractivity contribution in [1.82, 2.24) is 5.32 Å². The predicted molar refractivity (Wildman–Crippen MR) is 42.7 cm³/mol. The van der Waals surface area contributed by atoms with Gasteiger partial charge in [-0.1, -0.05) is 11.8 Å². The highest BCUT2D eigenvalue weighted by Gasteiger charge is 2.01. The van der Waals surface area contributed by atoms with Gasteiger partial charge in [0.25, 0.3) is 0 Å². The number of hydrogen-bond acceptors (Lipinski definition) is 3. The number of nitrogens with zero attached hydrogens (tertiary/aromatic N) is 1. The monoisotopic (exact) mass is 142 g/mol. The van der Waals surface area contributed by atoms with Crippen molar-refractivity contribution in [1.29, 1.82) is 0 Å². The topological polar surface area (TPSA) is 24.4 Å². The standard InChI is InChI=1S/C6H10N2S/c1-5-3-4-7-6(8-5)9-2/h3-5H,1-2H3,(H,7,8). The van der Waals surface area contributed by atoms with E-state index in [-0.39, 0.29) is 0 Å². The van der Waals surface area contributed by atoms with E-state index in [0.29, 0.717) is 6.04 Å². The van der Waals surface area contributed by atoms with Crippen molar-refractivity contribution in [3.8, 4) is 0 Å². The van der Waals surface area contributed by atoms with Gasteiger partial charge in [-0.25, -0.2) is 0 Å². The molecule has 0 spiro atoms. The Morgan fingerprint density at radius 2 is 2.56 bits per heavy atom. The van der Waals surface area contributed by atoms with Crippen LogP contribution in [-0.2, 0) is 0 Å². The number of rotatable bonds is 0. The zero-order chi connectivity index (χ0) is 6.69. The van der Waals surface area contributed by atoms with Crippen molar-refractivity contribution < 1.29 is 0 Å². The molecule has 0 aromatic heterocycles. The van der Waals surface area contributed by atoms with Crippen LogP contribution in [0.5, 0.6) is 0 Å². The maximum Gasteiger partial charge on any atom is 0.160 e. The highest BCUT2D eigenvalue weighted by Crippen LogP contribution is 2.03. The normalized spacial score (nSPS) is 25.1. The van der Waals surface area contributed by atoms with Gasteiger partial charge in [0, 0.05) is 6.20 Å². The number of aliphatic imine (C=N–C) groups is 1. The minimum atomic E-state index is 0.341. The van der Waals surface area contributed by atoms with Crippen LogP contribution >= 0.6 is 11.8 Å². The van der Waals surface area contributed by atoms with E-state index in [9.17, 15) is 0 Å². The van der Waals surface area contributed by atoms with Gasteiger partial charge in [-0.15, -0.1) is 0 Å². The van der Waals surface area contributed by atoms with Crippen molar-refractivity contribution in [3.63, 3.8) is 0 Å². The van der Waals surface area contributed by atoms with Crippen LogP contribution in [0, 0.1) is 0 Å². The maximum atomic E-state index is 4.28. The minimum absolute atomic E-state index is 0.341. The van der Waals surface area contributed by atoms with Crippen molar-refractivity contribution in [2.24, 2.45) is 4.99 Å². The van der Waals surface area contributed by atoms with Crippen LogP contribution in [0.4, 0.5) is 0 Å². The molecule has 1 aliphatic rings. The molecule has 50 valence electrons. The van der Waals surface area contributed by atoms with Gasteiger partial charge >= 0.3 is 0 Å². The Bertz CT molecular complexity index is 151. The summed E-state index contributed by atoms with van der Waals surface area (Å²) >= 11 is 1.64. The van der Waals surface area contributed by atoms with Gasteiger partial charge < -0.3 is 5.32 Å². The molecule has 0 aromatic rings. The summed E-state index contributed by atoms with van der Waals surface area (Å²) in [5, 5.41) is 4.04. The Labute approximate surface area is 59.4 Å². The first-order chi connectivity index (χ1) is 4.33. The van der Waals surface area contributed by atoms with Crippen molar-refractivity contribution in [2.45, 2.75) is 13.0 Å². The Hall–Kier alpha value is -0.440. The quantitative estimate of drug-likeness (QED) is 0.550. The molecule has 9 heavy (non-hydrogen) atoms. The highest BCUT2D eigenvalue weighted by atomic mass is 32.2. The summed E-state index contributed by atoms with van der Waals surface area (Å²) in [5.74, 6) is 0. The fraction of sp³-hybridized carbons (Fsp3) is 0.500. The van der Waals surface area contributed by atoms with E-state index in [1.807, 2.05) is 18.5 Å². The van der Waals surface area contributed by atoms with Crippen LogP contribution in [0.25, 0.3) is 0 Å². The molecule has 0 saturated carbocycles. The third-order valence-electron chi connectivity index (χ3n) is 1.10. The SMILES string of the molecule is CSC1=NC(C)C=CN1. The molecule has 1 atom stereocenters. The highest BCUT2D eigenvalue weighted by molar-refractivity contribution is 8.13. The summed E-state index contributed by atoms with van der Waals surface area (Å²) in [4.78, 5) is 4.28. The van der Waals surface area contributed by atoms with Gasteiger partial charge in [-0.3, -0.25) is 4.99 Å². The largest absolute Gasteiger partial charge is 0.342 e. The first-order valence-corrected chi connectivity index (χ1v) is 4.10. The molecule has 2 nitrogen and oxygen atoms in total. The van der Waals surface area contributed by atoms with Gasteiger partial charge in [-0.2, -0.15) is 0 Å². The fourth-order valence-corrected chi connectivity index (χ4v) is 1.09. The zero-order valence-electron chi connectivity index (χ0n) is 5.59. The summed E-state index contributed by atoms with van der Waals surface area (Å²) < 4.78 is 0.